The molecule has 6 heteroatoms. The second kappa shape index (κ2) is 4.76. The average molecular weight is 295 g/mol. The quantitative estimate of drug-likeness (QED) is 0.729. The van der Waals surface area contributed by atoms with Crippen LogP contribution < -0.4 is 5.73 Å². The Morgan fingerprint density at radius 3 is 2.75 bits per heavy atom. The first-order chi connectivity index (χ1) is 9.52. The van der Waals surface area contributed by atoms with E-state index in [-0.39, 0.29) is 6.42 Å². The molecule has 0 atom stereocenters. The van der Waals surface area contributed by atoms with Gasteiger partial charge in [-0.25, -0.2) is 13.8 Å². The van der Waals surface area contributed by atoms with Crippen LogP contribution in [0.2, 0.25) is 5.02 Å². The van der Waals surface area contributed by atoms with Crippen molar-refractivity contribution in [2.75, 3.05) is 5.73 Å². The molecule has 0 bridgehead atoms. The van der Waals surface area contributed by atoms with Crippen LogP contribution >= 0.6 is 11.6 Å². The van der Waals surface area contributed by atoms with E-state index in [4.69, 9.17) is 21.8 Å². The van der Waals surface area contributed by atoms with Crippen molar-refractivity contribution in [2.24, 2.45) is 0 Å². The minimum absolute atomic E-state index is 0.123. The van der Waals surface area contributed by atoms with Gasteiger partial charge in [0.1, 0.15) is 17.2 Å². The number of anilines is 1. The molecule has 1 heterocycles. The molecule has 2 aromatic carbocycles. The highest BCUT2D eigenvalue weighted by atomic mass is 35.5. The molecule has 0 fully saturated rings. The first-order valence-electron chi connectivity index (χ1n) is 5.81. The minimum Gasteiger partial charge on any atom is -0.440 e. The van der Waals surface area contributed by atoms with Gasteiger partial charge < -0.3 is 10.2 Å². The van der Waals surface area contributed by atoms with Crippen molar-refractivity contribution < 1.29 is 13.2 Å². The van der Waals surface area contributed by atoms with Crippen molar-refractivity contribution in [2.45, 2.75) is 6.42 Å². The van der Waals surface area contributed by atoms with Gasteiger partial charge in [0.15, 0.2) is 11.5 Å². The normalized spacial score (nSPS) is 11.2. The summed E-state index contributed by atoms with van der Waals surface area (Å²) in [6.07, 6.45) is 0.123. The molecule has 3 nitrogen and oxygen atoms in total. The van der Waals surface area contributed by atoms with Gasteiger partial charge in [0.05, 0.1) is 17.1 Å². The molecule has 0 unspecified atom stereocenters. The first-order valence-corrected chi connectivity index (χ1v) is 6.19. The molecule has 2 N–H and O–H groups in total. The van der Waals surface area contributed by atoms with Crippen LogP contribution in [0.3, 0.4) is 0 Å². The zero-order chi connectivity index (χ0) is 14.3. The van der Waals surface area contributed by atoms with Gasteiger partial charge in [-0.15, -0.1) is 0 Å². The lowest BCUT2D eigenvalue weighted by Gasteiger charge is -1.99. The number of aromatic nitrogens is 1. The average Bonchev–Trinajstić information content (AvgIpc) is 2.75. The summed E-state index contributed by atoms with van der Waals surface area (Å²) in [7, 11) is 0. The minimum atomic E-state index is -0.634. The Hall–Kier alpha value is -2.14. The summed E-state index contributed by atoms with van der Waals surface area (Å²) >= 11 is 5.89. The van der Waals surface area contributed by atoms with Crippen molar-refractivity contribution in [3.63, 3.8) is 0 Å². The monoisotopic (exact) mass is 294 g/mol. The van der Waals surface area contributed by atoms with Crippen molar-refractivity contribution in [1.82, 2.24) is 4.98 Å². The predicted molar refractivity (Wildman–Crippen MR) is 72.6 cm³/mol. The van der Waals surface area contributed by atoms with Gasteiger partial charge in [-0.05, 0) is 17.7 Å². The summed E-state index contributed by atoms with van der Waals surface area (Å²) in [4.78, 5) is 4.21. The van der Waals surface area contributed by atoms with E-state index in [0.29, 0.717) is 33.3 Å². The maximum absolute atomic E-state index is 13.6. The lowest BCUT2D eigenvalue weighted by atomic mass is 10.1. The van der Waals surface area contributed by atoms with Gasteiger partial charge in [-0.3, -0.25) is 0 Å². The van der Waals surface area contributed by atoms with E-state index in [0.717, 1.165) is 6.07 Å². The van der Waals surface area contributed by atoms with Crippen molar-refractivity contribution in [1.29, 1.82) is 0 Å². The molecule has 20 heavy (non-hydrogen) atoms. The van der Waals surface area contributed by atoms with E-state index in [1.807, 2.05) is 0 Å². The third kappa shape index (κ3) is 2.32. The first kappa shape index (κ1) is 12.9. The van der Waals surface area contributed by atoms with Crippen LogP contribution in [0, 0.1) is 11.6 Å². The van der Waals surface area contributed by atoms with Crippen LogP contribution in [0.1, 0.15) is 11.5 Å². The molecule has 1 aromatic heterocycles. The van der Waals surface area contributed by atoms with Crippen molar-refractivity contribution in [3.05, 3.63) is 58.4 Å². The lowest BCUT2D eigenvalue weighted by Crippen LogP contribution is -1.93. The molecule has 3 aromatic rings. The van der Waals surface area contributed by atoms with Gasteiger partial charge in [0, 0.05) is 12.1 Å². The molecule has 102 valence electrons. The van der Waals surface area contributed by atoms with Gasteiger partial charge in [-0.1, -0.05) is 17.7 Å². The molecule has 0 amide bonds. The van der Waals surface area contributed by atoms with E-state index >= 15 is 0 Å². The zero-order valence-electron chi connectivity index (χ0n) is 10.2. The Morgan fingerprint density at radius 1 is 1.20 bits per heavy atom. The molecule has 0 aliphatic heterocycles. The summed E-state index contributed by atoms with van der Waals surface area (Å²) in [5.74, 6) is -0.944. The van der Waals surface area contributed by atoms with Crippen LogP contribution in [-0.2, 0) is 6.42 Å². The van der Waals surface area contributed by atoms with E-state index in [1.165, 1.54) is 12.1 Å². The van der Waals surface area contributed by atoms with Crippen LogP contribution in [0.5, 0.6) is 0 Å². The Bertz CT molecular complexity index is 762. The molecule has 3 rings (SSSR count). The van der Waals surface area contributed by atoms with E-state index in [1.54, 1.807) is 12.1 Å². The van der Waals surface area contributed by atoms with Gasteiger partial charge >= 0.3 is 0 Å². The highest BCUT2D eigenvalue weighted by Gasteiger charge is 2.12. The van der Waals surface area contributed by atoms with Crippen LogP contribution in [0.25, 0.3) is 11.1 Å². The standard InChI is InChI=1S/C14H9ClF2N2O/c15-9-5-12-13(6-11(9)18)20-14(19-12)3-7-1-2-8(16)4-10(7)17/h1-2,4-6H,3,18H2. The van der Waals surface area contributed by atoms with Gasteiger partial charge in [-0.2, -0.15) is 0 Å². The topological polar surface area (TPSA) is 52.0 Å². The number of halogens is 3. The number of nitrogens with zero attached hydrogens (tertiary/aromatic N) is 1. The molecule has 0 spiro atoms. The van der Waals surface area contributed by atoms with E-state index < -0.39 is 11.6 Å². The molecule has 0 aliphatic rings. The number of nitrogens with two attached hydrogens (primary N) is 1. The molecule has 0 saturated heterocycles. The maximum Gasteiger partial charge on any atom is 0.200 e. The number of hydrogen-bond acceptors (Lipinski definition) is 3. The fraction of sp³-hybridized carbons (Fsp3) is 0.0714. The maximum atomic E-state index is 13.6. The number of oxazole rings is 1. The molecule has 0 radical (unpaired) electrons. The highest BCUT2D eigenvalue weighted by Crippen LogP contribution is 2.27. The number of rotatable bonds is 2. The third-order valence-electron chi connectivity index (χ3n) is 2.91. The summed E-state index contributed by atoms with van der Waals surface area (Å²) in [5, 5.41) is 0.380. The molecular formula is C14H9ClF2N2O. The van der Waals surface area contributed by atoms with Gasteiger partial charge in [0.25, 0.3) is 0 Å². The summed E-state index contributed by atoms with van der Waals surface area (Å²) < 4.78 is 31.9. The predicted octanol–water partition coefficient (Wildman–Crippen LogP) is 3.93. The zero-order valence-corrected chi connectivity index (χ0v) is 10.9. The molecule has 0 aliphatic carbocycles. The van der Waals surface area contributed by atoms with Crippen LogP contribution in [-0.4, -0.2) is 4.98 Å². The molecular weight excluding hydrogens is 286 g/mol. The largest absolute Gasteiger partial charge is 0.440 e. The number of nitrogen functional groups attached to an aromatic ring is 1. The number of benzene rings is 2. The lowest BCUT2D eigenvalue weighted by molar-refractivity contribution is 0.529. The fourth-order valence-electron chi connectivity index (χ4n) is 1.92. The number of hydrogen-bond donors (Lipinski definition) is 1. The van der Waals surface area contributed by atoms with E-state index in [2.05, 4.69) is 4.98 Å². The van der Waals surface area contributed by atoms with Crippen molar-refractivity contribution in [3.8, 4) is 0 Å². The second-order valence-corrected chi connectivity index (χ2v) is 4.77. The Labute approximate surface area is 118 Å². The van der Waals surface area contributed by atoms with Gasteiger partial charge in [0.2, 0.25) is 0 Å². The summed E-state index contributed by atoms with van der Waals surface area (Å²) in [6.45, 7) is 0. The van der Waals surface area contributed by atoms with Crippen LogP contribution in [0.4, 0.5) is 14.5 Å². The molecule has 0 saturated carbocycles. The SMILES string of the molecule is Nc1cc2oc(Cc3ccc(F)cc3F)nc2cc1Cl. The van der Waals surface area contributed by atoms with Crippen molar-refractivity contribution >= 4 is 28.4 Å². The Morgan fingerprint density at radius 2 is 2.00 bits per heavy atom. The smallest absolute Gasteiger partial charge is 0.200 e. The summed E-state index contributed by atoms with van der Waals surface area (Å²) in [6, 6.07) is 6.53. The Balaban J connectivity index is 1.98. The third-order valence-corrected chi connectivity index (χ3v) is 3.24. The van der Waals surface area contributed by atoms with E-state index in [9.17, 15) is 8.78 Å². The fourth-order valence-corrected chi connectivity index (χ4v) is 2.07. The summed E-state index contributed by atoms with van der Waals surface area (Å²) in [5.41, 5.74) is 7.37. The highest BCUT2D eigenvalue weighted by molar-refractivity contribution is 6.33. The second-order valence-electron chi connectivity index (χ2n) is 4.36. The Kier molecular flexibility index (Phi) is 3.06. The van der Waals surface area contributed by atoms with Crippen LogP contribution in [0.15, 0.2) is 34.7 Å². The number of fused-ring (bicyclic) bond motifs is 1.